The molecule has 0 amide bonds. The molecule has 1 aliphatic carbocycles. The summed E-state index contributed by atoms with van der Waals surface area (Å²) in [6.07, 6.45) is 13.3. The fourth-order valence-corrected chi connectivity index (χ4v) is 4.90. The molecule has 0 spiro atoms. The van der Waals surface area contributed by atoms with Gasteiger partial charge in [-0.15, -0.1) is 0 Å². The summed E-state index contributed by atoms with van der Waals surface area (Å²) in [6, 6.07) is 4.16. The van der Waals surface area contributed by atoms with Gasteiger partial charge in [0.15, 0.2) is 0 Å². The van der Waals surface area contributed by atoms with Crippen LogP contribution in [0.15, 0.2) is 41.8 Å². The number of allylic oxidation sites excluding steroid dienone is 2. The number of nitrogens with zero attached hydrogens (tertiary/aromatic N) is 5. The lowest BCUT2D eigenvalue weighted by Crippen LogP contribution is -2.52. The van der Waals surface area contributed by atoms with Gasteiger partial charge in [-0.1, -0.05) is 0 Å². The van der Waals surface area contributed by atoms with Gasteiger partial charge in [0.25, 0.3) is 0 Å². The highest BCUT2D eigenvalue weighted by molar-refractivity contribution is 5.79. The van der Waals surface area contributed by atoms with Crippen molar-refractivity contribution in [3.63, 3.8) is 0 Å². The number of nitrogens with one attached hydrogen (secondary N) is 3. The number of hydrogen-bond donors (Lipinski definition) is 3. The van der Waals surface area contributed by atoms with Crippen LogP contribution in [0.2, 0.25) is 0 Å². The van der Waals surface area contributed by atoms with Gasteiger partial charge in [0.1, 0.15) is 11.9 Å². The van der Waals surface area contributed by atoms with E-state index in [1.54, 1.807) is 12.4 Å². The number of fused-ring (bicyclic) bond motifs is 1. The molecule has 3 N–H and O–H groups in total. The first-order valence-corrected chi connectivity index (χ1v) is 10.3. The summed E-state index contributed by atoms with van der Waals surface area (Å²) in [5.74, 6) is 1.62. The molecular formula is C21H26N8. The Kier molecular flexibility index (Phi) is 4.70. The number of anilines is 1. The lowest BCUT2D eigenvalue weighted by molar-refractivity contribution is 0.0632. The molecule has 2 aromatic rings. The number of aromatic amines is 1. The highest BCUT2D eigenvalue weighted by atomic mass is 15.3. The Morgan fingerprint density at radius 3 is 3.00 bits per heavy atom. The minimum Gasteiger partial charge on any atom is -0.348 e. The molecule has 0 radical (unpaired) electrons. The zero-order chi connectivity index (χ0) is 19.7. The average molecular weight is 390 g/mol. The van der Waals surface area contributed by atoms with Gasteiger partial charge in [-0.05, 0) is 30.9 Å². The van der Waals surface area contributed by atoms with E-state index in [-0.39, 0.29) is 11.6 Å². The molecule has 150 valence electrons. The quantitative estimate of drug-likeness (QED) is 0.677. The smallest absolute Gasteiger partial charge is 0.114 e. The predicted octanol–water partition coefficient (Wildman–Crippen LogP) is 1.84. The Hall–Kier alpha value is -2.89. The summed E-state index contributed by atoms with van der Waals surface area (Å²) in [5, 5.41) is 20.4. The zero-order valence-corrected chi connectivity index (χ0v) is 16.4. The molecule has 1 unspecified atom stereocenters. The lowest BCUT2D eigenvalue weighted by atomic mass is 9.67. The molecule has 8 nitrogen and oxygen atoms in total. The Morgan fingerprint density at radius 1 is 1.31 bits per heavy atom. The first-order valence-electron chi connectivity index (χ1n) is 10.3. The number of piperazine rings is 1. The van der Waals surface area contributed by atoms with Gasteiger partial charge >= 0.3 is 0 Å². The third kappa shape index (κ3) is 3.37. The number of rotatable bonds is 5. The van der Waals surface area contributed by atoms with Crippen LogP contribution in [0.3, 0.4) is 0 Å². The van der Waals surface area contributed by atoms with Crippen LogP contribution in [0.4, 0.5) is 5.82 Å². The van der Waals surface area contributed by atoms with Crippen LogP contribution in [-0.2, 0) is 5.54 Å². The Bertz CT molecular complexity index is 949. The van der Waals surface area contributed by atoms with E-state index in [1.807, 2.05) is 23.2 Å². The van der Waals surface area contributed by atoms with E-state index in [0.717, 1.165) is 62.5 Å². The molecule has 5 rings (SSSR count). The van der Waals surface area contributed by atoms with Gasteiger partial charge in [-0.3, -0.25) is 9.67 Å². The average Bonchev–Trinajstić information content (AvgIpc) is 3.40. The molecule has 2 aromatic heterocycles. The van der Waals surface area contributed by atoms with E-state index in [4.69, 9.17) is 10.4 Å². The van der Waals surface area contributed by atoms with Gasteiger partial charge in [-0.25, -0.2) is 0 Å². The topological polar surface area (TPSA) is 97.1 Å². The lowest BCUT2D eigenvalue weighted by Gasteiger charge is -2.48. The van der Waals surface area contributed by atoms with Crippen molar-refractivity contribution < 1.29 is 0 Å². The third-order valence-corrected chi connectivity index (χ3v) is 6.36. The molecule has 2 aliphatic heterocycles. The van der Waals surface area contributed by atoms with E-state index >= 15 is 0 Å². The fourth-order valence-electron chi connectivity index (χ4n) is 4.90. The van der Waals surface area contributed by atoms with Crippen LogP contribution in [0, 0.1) is 17.2 Å². The van der Waals surface area contributed by atoms with Crippen LogP contribution in [0.1, 0.15) is 30.0 Å². The molecule has 4 heterocycles. The van der Waals surface area contributed by atoms with E-state index < -0.39 is 0 Å². The summed E-state index contributed by atoms with van der Waals surface area (Å²) in [5.41, 5.74) is 1.99. The minimum atomic E-state index is -0.204. The van der Waals surface area contributed by atoms with E-state index in [1.165, 1.54) is 0 Å². The van der Waals surface area contributed by atoms with Crippen molar-refractivity contribution in [3.8, 4) is 6.07 Å². The second kappa shape index (κ2) is 7.50. The van der Waals surface area contributed by atoms with Gasteiger partial charge < -0.3 is 20.5 Å². The van der Waals surface area contributed by atoms with Crippen molar-refractivity contribution in [2.75, 3.05) is 38.0 Å². The first kappa shape index (κ1) is 18.2. The summed E-state index contributed by atoms with van der Waals surface area (Å²) in [7, 11) is 0. The number of aliphatic imine (C=N–C) groups is 1. The Balaban J connectivity index is 1.34. The maximum absolute atomic E-state index is 9.11. The summed E-state index contributed by atoms with van der Waals surface area (Å²) >= 11 is 0. The molecule has 2 fully saturated rings. The normalized spacial score (nSPS) is 29.2. The van der Waals surface area contributed by atoms with Crippen molar-refractivity contribution in [2.45, 2.75) is 24.4 Å². The molecule has 1 saturated heterocycles. The van der Waals surface area contributed by atoms with Crippen molar-refractivity contribution in [1.82, 2.24) is 25.0 Å². The first-order chi connectivity index (χ1) is 14.3. The van der Waals surface area contributed by atoms with Gasteiger partial charge in [-0.2, -0.15) is 10.4 Å². The van der Waals surface area contributed by atoms with Crippen molar-refractivity contribution >= 4 is 12.2 Å². The predicted molar refractivity (Wildman–Crippen MR) is 112 cm³/mol. The number of H-pyrrole nitrogens is 1. The Labute approximate surface area is 170 Å². The second-order valence-electron chi connectivity index (χ2n) is 8.24. The minimum absolute atomic E-state index is 0.0556. The van der Waals surface area contributed by atoms with Crippen LogP contribution in [0.5, 0.6) is 0 Å². The highest BCUT2D eigenvalue weighted by Gasteiger charge is 2.45. The maximum atomic E-state index is 9.11. The zero-order valence-electron chi connectivity index (χ0n) is 16.4. The monoisotopic (exact) mass is 390 g/mol. The number of aromatic nitrogens is 3. The van der Waals surface area contributed by atoms with Gasteiger partial charge in [0, 0.05) is 62.3 Å². The van der Waals surface area contributed by atoms with E-state index in [0.29, 0.717) is 5.92 Å². The van der Waals surface area contributed by atoms with E-state index in [2.05, 4.69) is 43.8 Å². The molecule has 1 saturated carbocycles. The Morgan fingerprint density at radius 2 is 2.17 bits per heavy atom. The molecule has 1 atom stereocenters. The molecular weight excluding hydrogens is 364 g/mol. The molecule has 0 aromatic carbocycles. The van der Waals surface area contributed by atoms with Crippen molar-refractivity contribution in [3.05, 3.63) is 47.9 Å². The highest BCUT2D eigenvalue weighted by Crippen LogP contribution is 2.46. The second-order valence-corrected chi connectivity index (χ2v) is 8.24. The standard InChI is InChI=1S/C21H26N8/c22-4-1-3-21(10-16(11-21)13-28-8-6-23-7-9-28)29-14-17(12-27-29)19-18-2-5-24-20(18)26-15-25-19/h1-3,5,12,14-16,19,23-24H,6-11,13H2,(H,25,26). The third-order valence-electron chi connectivity index (χ3n) is 6.36. The van der Waals surface area contributed by atoms with Crippen molar-refractivity contribution in [1.29, 1.82) is 5.26 Å². The molecule has 8 heteroatoms. The summed E-state index contributed by atoms with van der Waals surface area (Å²) in [4.78, 5) is 10.4. The summed E-state index contributed by atoms with van der Waals surface area (Å²) in [6.45, 7) is 5.52. The fraction of sp³-hybridized carbons (Fsp3) is 0.476. The SMILES string of the molecule is N#CC=CC1(n2cc(C3N=CNc4[nH]ccc43)cn2)CC(CN2CCNCC2)C1. The number of nitriles is 1. The molecule has 29 heavy (non-hydrogen) atoms. The van der Waals surface area contributed by atoms with Crippen LogP contribution < -0.4 is 10.6 Å². The van der Waals surface area contributed by atoms with Crippen LogP contribution in [-0.4, -0.2) is 58.7 Å². The van der Waals surface area contributed by atoms with Crippen molar-refractivity contribution in [2.24, 2.45) is 10.9 Å². The van der Waals surface area contributed by atoms with Crippen LogP contribution in [0.25, 0.3) is 0 Å². The van der Waals surface area contributed by atoms with Crippen LogP contribution >= 0.6 is 0 Å². The van der Waals surface area contributed by atoms with Gasteiger partial charge in [0.2, 0.25) is 0 Å². The van der Waals surface area contributed by atoms with Gasteiger partial charge in [0.05, 0.1) is 24.1 Å². The molecule has 0 bridgehead atoms. The molecule has 3 aliphatic rings. The maximum Gasteiger partial charge on any atom is 0.114 e. The summed E-state index contributed by atoms with van der Waals surface area (Å²) < 4.78 is 2.05. The number of hydrogen-bond acceptors (Lipinski definition) is 6. The largest absolute Gasteiger partial charge is 0.348 e. The van der Waals surface area contributed by atoms with E-state index in [9.17, 15) is 0 Å².